The Kier molecular flexibility index (Phi) is 4.06. The van der Waals surface area contributed by atoms with E-state index in [1.54, 1.807) is 0 Å². The Morgan fingerprint density at radius 2 is 2.04 bits per heavy atom. The second kappa shape index (κ2) is 5.86. The lowest BCUT2D eigenvalue weighted by molar-refractivity contribution is -0.156. The number of alkyl halides is 1. The van der Waals surface area contributed by atoms with Crippen molar-refractivity contribution in [2.24, 2.45) is 29.1 Å². The molecule has 3 fully saturated rings. The van der Waals surface area contributed by atoms with Gasteiger partial charge in [0, 0.05) is 12.3 Å². The van der Waals surface area contributed by atoms with Crippen LogP contribution in [0.3, 0.4) is 0 Å². The topological polar surface area (TPSA) is 43.4 Å². The van der Waals surface area contributed by atoms with Gasteiger partial charge in [-0.3, -0.25) is 9.59 Å². The van der Waals surface area contributed by atoms with Crippen LogP contribution < -0.4 is 0 Å². The molecular formula is C20H27ClO3. The maximum Gasteiger partial charge on any atom is 0.302 e. The zero-order chi connectivity index (χ0) is 17.1. The SMILES string of the molecule is CC(=O)O[C@H]1CC[C@H]2[C@@H]3CCC4=CC(=O)C(Cl)C[C@@H]4[C@H]3CC[C@]12C. The molecule has 0 spiro atoms. The highest BCUT2D eigenvalue weighted by Crippen LogP contribution is 2.62. The van der Waals surface area contributed by atoms with E-state index in [0.29, 0.717) is 23.7 Å². The second-order valence-electron chi connectivity index (χ2n) is 8.62. The number of ketones is 1. The lowest BCUT2D eigenvalue weighted by atomic mass is 9.52. The molecule has 0 aromatic carbocycles. The first-order valence-corrected chi connectivity index (χ1v) is 9.89. The summed E-state index contributed by atoms with van der Waals surface area (Å²) in [4.78, 5) is 23.4. The molecular weight excluding hydrogens is 324 g/mol. The zero-order valence-electron chi connectivity index (χ0n) is 14.6. The molecule has 4 aliphatic carbocycles. The summed E-state index contributed by atoms with van der Waals surface area (Å²) in [6, 6.07) is 0. The third-order valence-corrected chi connectivity index (χ3v) is 7.96. The number of hydrogen-bond donors (Lipinski definition) is 0. The third-order valence-electron chi connectivity index (χ3n) is 7.57. The monoisotopic (exact) mass is 350 g/mol. The molecule has 4 aliphatic rings. The molecule has 0 saturated heterocycles. The number of esters is 1. The van der Waals surface area contributed by atoms with Crippen molar-refractivity contribution in [1.82, 2.24) is 0 Å². The number of carbonyl (C=O) groups excluding carboxylic acids is 2. The molecule has 0 radical (unpaired) electrons. The van der Waals surface area contributed by atoms with Gasteiger partial charge in [0.25, 0.3) is 0 Å². The molecule has 4 heteroatoms. The standard InChI is InChI=1S/C20H27ClO3/c1-11(22)24-19-6-5-16-14-4-3-12-9-18(23)17(21)10-15(12)13(14)7-8-20(16,19)2/h9,13-17,19H,3-8,10H2,1-2H3/t13-,14+,15-,16-,17?,19-,20-/m0/s1. The van der Waals surface area contributed by atoms with Crippen molar-refractivity contribution in [3.63, 3.8) is 0 Å². The molecule has 3 saturated carbocycles. The summed E-state index contributed by atoms with van der Waals surface area (Å²) in [5.74, 6) is 2.47. The molecule has 0 aliphatic heterocycles. The minimum Gasteiger partial charge on any atom is -0.462 e. The smallest absolute Gasteiger partial charge is 0.302 e. The van der Waals surface area contributed by atoms with Gasteiger partial charge in [-0.25, -0.2) is 0 Å². The minimum absolute atomic E-state index is 0.0894. The Morgan fingerprint density at radius 3 is 2.79 bits per heavy atom. The van der Waals surface area contributed by atoms with Crippen LogP contribution in [0.15, 0.2) is 11.6 Å². The molecule has 3 nitrogen and oxygen atoms in total. The molecule has 7 atom stereocenters. The summed E-state index contributed by atoms with van der Waals surface area (Å²) in [6.07, 6.45) is 9.48. The number of ether oxygens (including phenoxy) is 1. The molecule has 0 bridgehead atoms. The summed E-state index contributed by atoms with van der Waals surface area (Å²) >= 11 is 6.29. The predicted molar refractivity (Wildman–Crippen MR) is 92.7 cm³/mol. The van der Waals surface area contributed by atoms with E-state index in [0.717, 1.165) is 25.7 Å². The normalized spacial score (nSPS) is 47.3. The van der Waals surface area contributed by atoms with Gasteiger partial charge in [-0.1, -0.05) is 12.5 Å². The summed E-state index contributed by atoms with van der Waals surface area (Å²) < 4.78 is 5.69. The van der Waals surface area contributed by atoms with Crippen LogP contribution in [0, 0.1) is 29.1 Å². The van der Waals surface area contributed by atoms with Crippen LogP contribution in [0.25, 0.3) is 0 Å². The largest absolute Gasteiger partial charge is 0.462 e. The average molecular weight is 351 g/mol. The van der Waals surface area contributed by atoms with Gasteiger partial charge in [-0.05, 0) is 74.7 Å². The third kappa shape index (κ3) is 2.46. The van der Waals surface area contributed by atoms with Crippen LogP contribution >= 0.6 is 11.6 Å². The van der Waals surface area contributed by atoms with Crippen LogP contribution in [-0.2, 0) is 14.3 Å². The summed E-state index contributed by atoms with van der Waals surface area (Å²) in [6.45, 7) is 3.87. The highest BCUT2D eigenvalue weighted by Gasteiger charge is 2.57. The minimum atomic E-state index is -0.330. The number of rotatable bonds is 1. The molecule has 0 amide bonds. The first-order valence-electron chi connectivity index (χ1n) is 9.45. The van der Waals surface area contributed by atoms with Gasteiger partial charge < -0.3 is 4.74 Å². The number of halogens is 1. The Labute approximate surface area is 149 Å². The van der Waals surface area contributed by atoms with Crippen LogP contribution in [0.2, 0.25) is 0 Å². The van der Waals surface area contributed by atoms with Crippen molar-refractivity contribution in [2.75, 3.05) is 0 Å². The van der Waals surface area contributed by atoms with E-state index >= 15 is 0 Å². The zero-order valence-corrected chi connectivity index (χ0v) is 15.3. The highest BCUT2D eigenvalue weighted by molar-refractivity contribution is 6.33. The fourth-order valence-electron chi connectivity index (χ4n) is 6.49. The van der Waals surface area contributed by atoms with Crippen molar-refractivity contribution in [2.45, 2.75) is 70.3 Å². The number of hydrogen-bond acceptors (Lipinski definition) is 3. The average Bonchev–Trinajstić information content (AvgIpc) is 2.85. The Balaban J connectivity index is 1.58. The fourth-order valence-corrected chi connectivity index (χ4v) is 6.74. The van der Waals surface area contributed by atoms with Crippen LogP contribution in [-0.4, -0.2) is 23.2 Å². The highest BCUT2D eigenvalue weighted by atomic mass is 35.5. The van der Waals surface area contributed by atoms with E-state index in [2.05, 4.69) is 6.92 Å². The Hall–Kier alpha value is -0.830. The van der Waals surface area contributed by atoms with Gasteiger partial charge in [0.2, 0.25) is 0 Å². The van der Waals surface area contributed by atoms with E-state index < -0.39 is 0 Å². The molecule has 1 unspecified atom stereocenters. The van der Waals surface area contributed by atoms with E-state index in [9.17, 15) is 9.59 Å². The summed E-state index contributed by atoms with van der Waals surface area (Å²) in [7, 11) is 0. The fraction of sp³-hybridized carbons (Fsp3) is 0.800. The lowest BCUT2D eigenvalue weighted by Crippen LogP contribution is -2.49. The van der Waals surface area contributed by atoms with Crippen molar-refractivity contribution in [3.8, 4) is 0 Å². The van der Waals surface area contributed by atoms with E-state index in [4.69, 9.17) is 16.3 Å². The molecule has 0 N–H and O–H groups in total. The van der Waals surface area contributed by atoms with E-state index in [1.807, 2.05) is 6.08 Å². The van der Waals surface area contributed by atoms with Crippen LogP contribution in [0.5, 0.6) is 0 Å². The Bertz CT molecular complexity index is 598. The maximum atomic E-state index is 11.9. The van der Waals surface area contributed by atoms with Crippen LogP contribution in [0.1, 0.15) is 58.8 Å². The predicted octanol–water partition coefficient (Wildman–Crippen LogP) is 4.28. The van der Waals surface area contributed by atoms with Crippen LogP contribution in [0.4, 0.5) is 0 Å². The van der Waals surface area contributed by atoms with E-state index in [-0.39, 0.29) is 28.6 Å². The van der Waals surface area contributed by atoms with Gasteiger partial charge in [-0.15, -0.1) is 11.6 Å². The van der Waals surface area contributed by atoms with Crippen molar-refractivity contribution >= 4 is 23.4 Å². The van der Waals surface area contributed by atoms with Gasteiger partial charge in [0.05, 0.1) is 5.38 Å². The molecule has 0 aromatic rings. The second-order valence-corrected chi connectivity index (χ2v) is 9.15. The molecule has 4 rings (SSSR count). The summed E-state index contributed by atoms with van der Waals surface area (Å²) in [5.41, 5.74) is 1.50. The van der Waals surface area contributed by atoms with Gasteiger partial charge in [0.1, 0.15) is 6.10 Å². The van der Waals surface area contributed by atoms with Crippen molar-refractivity contribution < 1.29 is 14.3 Å². The first-order chi connectivity index (χ1) is 11.4. The number of fused-ring (bicyclic) bond motifs is 5. The lowest BCUT2D eigenvalue weighted by Gasteiger charge is -2.53. The molecule has 24 heavy (non-hydrogen) atoms. The number of allylic oxidation sites excluding steroid dienone is 1. The summed E-state index contributed by atoms with van der Waals surface area (Å²) in [5, 5.41) is -0.330. The van der Waals surface area contributed by atoms with Crippen molar-refractivity contribution in [3.05, 3.63) is 11.6 Å². The van der Waals surface area contributed by atoms with Crippen molar-refractivity contribution in [1.29, 1.82) is 0 Å². The quantitative estimate of drug-likeness (QED) is 0.523. The first kappa shape index (κ1) is 16.6. The van der Waals surface area contributed by atoms with E-state index in [1.165, 1.54) is 31.8 Å². The maximum absolute atomic E-state index is 11.9. The number of carbonyl (C=O) groups is 2. The molecule has 0 aromatic heterocycles. The van der Waals surface area contributed by atoms with Gasteiger partial charge in [0.15, 0.2) is 5.78 Å². The molecule has 132 valence electrons. The van der Waals surface area contributed by atoms with Gasteiger partial charge in [-0.2, -0.15) is 0 Å². The molecule has 0 heterocycles. The Morgan fingerprint density at radius 1 is 1.25 bits per heavy atom. The van der Waals surface area contributed by atoms with Gasteiger partial charge >= 0.3 is 5.97 Å².